The maximum Gasteiger partial charge on any atom is 0.472 e. The first-order valence-electron chi connectivity index (χ1n) is 22.3. The minimum atomic E-state index is -5.10. The zero-order valence-corrected chi connectivity index (χ0v) is 35.8. The van der Waals surface area contributed by atoms with Crippen molar-refractivity contribution in [2.75, 3.05) is 13.2 Å². The summed E-state index contributed by atoms with van der Waals surface area (Å²) in [5.74, 6) is -1.09. The van der Waals surface area contributed by atoms with Crippen molar-refractivity contribution in [3.8, 4) is 0 Å². The molecule has 332 valence electrons. The number of aliphatic hydroxyl groups is 5. The molecule has 0 amide bonds. The molecule has 0 saturated heterocycles. The van der Waals surface area contributed by atoms with E-state index in [-0.39, 0.29) is 12.8 Å². The van der Waals surface area contributed by atoms with E-state index in [2.05, 4.69) is 13.8 Å². The minimum Gasteiger partial charge on any atom is -0.462 e. The normalized spacial score (nSPS) is 22.8. The van der Waals surface area contributed by atoms with Gasteiger partial charge in [0.2, 0.25) is 0 Å². The van der Waals surface area contributed by atoms with E-state index in [9.17, 15) is 44.6 Å². The van der Waals surface area contributed by atoms with Gasteiger partial charge >= 0.3 is 19.8 Å². The van der Waals surface area contributed by atoms with E-state index in [1.54, 1.807) is 0 Å². The summed E-state index contributed by atoms with van der Waals surface area (Å²) in [6, 6.07) is 0. The van der Waals surface area contributed by atoms with Crippen LogP contribution in [0.3, 0.4) is 0 Å². The van der Waals surface area contributed by atoms with E-state index in [0.717, 1.165) is 38.5 Å². The first-order valence-corrected chi connectivity index (χ1v) is 23.8. The molecule has 0 aromatic rings. The number of aliphatic hydroxyl groups excluding tert-OH is 5. The molecule has 1 aliphatic rings. The third-order valence-corrected chi connectivity index (χ3v) is 11.7. The van der Waals surface area contributed by atoms with Crippen LogP contribution in [-0.4, -0.2) is 98.3 Å². The highest BCUT2D eigenvalue weighted by molar-refractivity contribution is 7.47. The van der Waals surface area contributed by atoms with Gasteiger partial charge in [-0.25, -0.2) is 4.57 Å². The second-order valence-electron chi connectivity index (χ2n) is 15.9. The molecular weight excluding hydrogens is 743 g/mol. The molecule has 13 nitrogen and oxygen atoms in total. The van der Waals surface area contributed by atoms with Crippen LogP contribution in [-0.2, 0) is 32.7 Å². The number of ether oxygens (including phenoxy) is 2. The number of phosphoric ester groups is 1. The van der Waals surface area contributed by atoms with Gasteiger partial charge in [0.25, 0.3) is 0 Å². The van der Waals surface area contributed by atoms with Crippen molar-refractivity contribution in [1.29, 1.82) is 0 Å². The van der Waals surface area contributed by atoms with E-state index >= 15 is 0 Å². The SMILES string of the molecule is CCCCCCCCCCCCCCCCCCC(=O)O[C@H](COC(=O)CCCCCCCCCCCCC)COP(=O)(O)OC1C(O)C(O)C(O)[C@H](O)C1O. The van der Waals surface area contributed by atoms with Crippen molar-refractivity contribution in [2.24, 2.45) is 0 Å². The van der Waals surface area contributed by atoms with Gasteiger partial charge in [0.15, 0.2) is 6.10 Å². The number of hydrogen-bond donors (Lipinski definition) is 6. The van der Waals surface area contributed by atoms with Crippen LogP contribution in [0.15, 0.2) is 0 Å². The summed E-state index contributed by atoms with van der Waals surface area (Å²) in [4.78, 5) is 35.6. The lowest BCUT2D eigenvalue weighted by Crippen LogP contribution is -2.64. The molecule has 0 bridgehead atoms. The van der Waals surface area contributed by atoms with Gasteiger partial charge < -0.3 is 39.9 Å². The fourth-order valence-corrected chi connectivity index (χ4v) is 8.03. The lowest BCUT2D eigenvalue weighted by molar-refractivity contribution is -0.220. The molecule has 8 atom stereocenters. The van der Waals surface area contributed by atoms with Gasteiger partial charge in [0.05, 0.1) is 6.61 Å². The fraction of sp³-hybridized carbons (Fsp3) is 0.952. The molecular formula is C42H81O13P. The molecule has 0 aliphatic heterocycles. The standard InChI is InChI=1S/C42H81O13P/c1-3-5-7-9-11-13-15-16-17-18-19-21-23-25-27-29-31-36(44)54-34(32-52-35(43)30-28-26-24-22-20-14-12-10-8-6-4-2)33-53-56(50,51)55-42-40(48)38(46)37(45)39(47)41(42)49/h34,37-42,45-49H,3-33H2,1-2H3,(H,50,51)/t34-,37?,38+,39?,40?,41?,42?/m1/s1. The van der Waals surface area contributed by atoms with Crippen LogP contribution in [0.1, 0.15) is 200 Å². The van der Waals surface area contributed by atoms with Crippen LogP contribution in [0.2, 0.25) is 0 Å². The summed E-state index contributed by atoms with van der Waals surface area (Å²) < 4.78 is 33.5. The summed E-state index contributed by atoms with van der Waals surface area (Å²) in [6.45, 7) is 3.30. The Kier molecular flexibility index (Phi) is 31.8. The van der Waals surface area contributed by atoms with Crippen LogP contribution in [0, 0.1) is 0 Å². The van der Waals surface area contributed by atoms with E-state index in [0.29, 0.717) is 12.8 Å². The van der Waals surface area contributed by atoms with Gasteiger partial charge in [-0.1, -0.05) is 174 Å². The fourth-order valence-electron chi connectivity index (χ4n) is 7.05. The molecule has 0 aromatic heterocycles. The minimum absolute atomic E-state index is 0.105. The maximum absolute atomic E-state index is 12.8. The lowest BCUT2D eigenvalue weighted by Gasteiger charge is -2.41. The molecule has 0 heterocycles. The second-order valence-corrected chi connectivity index (χ2v) is 17.3. The van der Waals surface area contributed by atoms with E-state index < -0.39 is 75.7 Å². The zero-order valence-electron chi connectivity index (χ0n) is 34.9. The predicted octanol–water partition coefficient (Wildman–Crippen LogP) is 8.11. The Labute approximate surface area is 338 Å². The maximum atomic E-state index is 12.8. The van der Waals surface area contributed by atoms with Crippen LogP contribution in [0.4, 0.5) is 0 Å². The first kappa shape index (κ1) is 52.9. The molecule has 56 heavy (non-hydrogen) atoms. The average Bonchev–Trinajstić information content (AvgIpc) is 3.18. The predicted molar refractivity (Wildman–Crippen MR) is 217 cm³/mol. The molecule has 0 radical (unpaired) electrons. The number of unbranched alkanes of at least 4 members (excludes halogenated alkanes) is 25. The molecule has 14 heteroatoms. The third kappa shape index (κ3) is 26.1. The van der Waals surface area contributed by atoms with Gasteiger partial charge in [0.1, 0.15) is 43.2 Å². The zero-order chi connectivity index (χ0) is 41.4. The number of hydrogen-bond acceptors (Lipinski definition) is 12. The quantitative estimate of drug-likeness (QED) is 0.0199. The number of carbonyl (C=O) groups is 2. The summed E-state index contributed by atoms with van der Waals surface area (Å²) in [6.07, 6.45) is 18.8. The van der Waals surface area contributed by atoms with Gasteiger partial charge in [-0.3, -0.25) is 18.6 Å². The van der Waals surface area contributed by atoms with Crippen molar-refractivity contribution >= 4 is 19.8 Å². The molecule has 1 aliphatic carbocycles. The highest BCUT2D eigenvalue weighted by atomic mass is 31.2. The third-order valence-electron chi connectivity index (χ3n) is 10.7. The van der Waals surface area contributed by atoms with Crippen molar-refractivity contribution in [3.05, 3.63) is 0 Å². The summed E-state index contributed by atoms with van der Waals surface area (Å²) in [5.41, 5.74) is 0. The monoisotopic (exact) mass is 825 g/mol. The van der Waals surface area contributed by atoms with Crippen molar-refractivity contribution in [1.82, 2.24) is 0 Å². The Balaban J connectivity index is 2.46. The molecule has 0 aromatic carbocycles. The van der Waals surface area contributed by atoms with Gasteiger partial charge in [-0.15, -0.1) is 0 Å². The number of esters is 2. The Morgan fingerprint density at radius 2 is 0.804 bits per heavy atom. The van der Waals surface area contributed by atoms with Crippen molar-refractivity contribution < 1.29 is 63.1 Å². The number of phosphoric acid groups is 1. The smallest absolute Gasteiger partial charge is 0.462 e. The van der Waals surface area contributed by atoms with E-state index in [1.807, 2.05) is 0 Å². The van der Waals surface area contributed by atoms with Crippen LogP contribution < -0.4 is 0 Å². The topological polar surface area (TPSA) is 210 Å². The first-order chi connectivity index (χ1) is 26.9. The second kappa shape index (κ2) is 33.7. The molecule has 6 unspecified atom stereocenters. The lowest BCUT2D eigenvalue weighted by atomic mass is 9.85. The van der Waals surface area contributed by atoms with Crippen LogP contribution in [0.25, 0.3) is 0 Å². The van der Waals surface area contributed by atoms with E-state index in [4.69, 9.17) is 18.5 Å². The largest absolute Gasteiger partial charge is 0.472 e. The number of rotatable bonds is 37. The Morgan fingerprint density at radius 3 is 1.18 bits per heavy atom. The Bertz CT molecular complexity index is 1000. The number of carbonyl (C=O) groups excluding carboxylic acids is 2. The molecule has 0 spiro atoms. The highest BCUT2D eigenvalue weighted by Crippen LogP contribution is 2.47. The average molecular weight is 825 g/mol. The highest BCUT2D eigenvalue weighted by Gasteiger charge is 2.51. The molecule has 1 saturated carbocycles. The summed E-state index contributed by atoms with van der Waals surface area (Å²) in [7, 11) is -5.10. The van der Waals surface area contributed by atoms with Crippen molar-refractivity contribution in [2.45, 2.75) is 243 Å². The Morgan fingerprint density at radius 1 is 0.482 bits per heavy atom. The Hall–Kier alpha value is -1.15. The molecule has 1 rings (SSSR count). The van der Waals surface area contributed by atoms with Gasteiger partial charge in [-0.05, 0) is 12.8 Å². The van der Waals surface area contributed by atoms with Crippen molar-refractivity contribution in [3.63, 3.8) is 0 Å². The van der Waals surface area contributed by atoms with E-state index in [1.165, 1.54) is 122 Å². The van der Waals surface area contributed by atoms with Gasteiger partial charge in [-0.2, -0.15) is 0 Å². The summed E-state index contributed by atoms with van der Waals surface area (Å²) in [5, 5.41) is 50.0. The van der Waals surface area contributed by atoms with Crippen LogP contribution >= 0.6 is 7.82 Å². The molecule has 1 fully saturated rings. The van der Waals surface area contributed by atoms with Crippen LogP contribution in [0.5, 0.6) is 0 Å². The molecule has 6 N–H and O–H groups in total. The summed E-state index contributed by atoms with van der Waals surface area (Å²) >= 11 is 0. The van der Waals surface area contributed by atoms with Gasteiger partial charge in [0, 0.05) is 12.8 Å².